The van der Waals surface area contributed by atoms with Crippen LogP contribution in [0.4, 0.5) is 0 Å². The number of aliphatic hydroxyl groups is 1. The minimum absolute atomic E-state index is 0.735. The van der Waals surface area contributed by atoms with Crippen LogP contribution in [-0.4, -0.2) is 33.8 Å². The predicted octanol–water partition coefficient (Wildman–Crippen LogP) is 5.41. The molecule has 0 atom stereocenters. The molecular weight excluding hydrogens is 407 g/mol. The number of benzene rings is 3. The molecule has 5 aromatic rings. The molecule has 163 valence electrons. The van der Waals surface area contributed by atoms with E-state index in [2.05, 4.69) is 53.5 Å². The van der Waals surface area contributed by atoms with Crippen LogP contribution < -0.4 is 5.46 Å². The van der Waals surface area contributed by atoms with Crippen LogP contribution in [0.25, 0.3) is 43.8 Å². The monoisotopic (exact) mass is 433 g/mol. The third-order valence-electron chi connectivity index (χ3n) is 6.62. The minimum Gasteiger partial charge on any atom is -0.427 e. The van der Waals surface area contributed by atoms with Crippen LogP contribution in [0.5, 0.6) is 0 Å². The first-order chi connectivity index (χ1) is 15.7. The van der Waals surface area contributed by atoms with E-state index in [4.69, 9.17) is 9.64 Å². The molecule has 1 N–H and O–H groups in total. The summed E-state index contributed by atoms with van der Waals surface area (Å²) in [7, 11) is 1.75. The van der Waals surface area contributed by atoms with Crippen LogP contribution in [0.1, 0.15) is 27.7 Å². The Morgan fingerprint density at radius 3 is 2.21 bits per heavy atom. The lowest BCUT2D eigenvalue weighted by molar-refractivity contribution is -0.0893. The fourth-order valence-corrected chi connectivity index (χ4v) is 3.88. The molecule has 0 aliphatic carbocycles. The molecule has 5 heteroatoms. The SMILES string of the molecule is CC(C)(O)C(C)(C)O[B]c1ccc(-c2ccc3ccc4cccnc4c3n2)c2ccccc12. The van der Waals surface area contributed by atoms with Gasteiger partial charge in [-0.3, -0.25) is 4.98 Å². The first-order valence-electron chi connectivity index (χ1n) is 11.1. The Hall–Kier alpha value is -3.28. The maximum absolute atomic E-state index is 10.4. The molecule has 0 saturated heterocycles. The largest absolute Gasteiger partial charge is 0.427 e. The molecule has 1 radical (unpaired) electrons. The molecule has 0 aliphatic rings. The summed E-state index contributed by atoms with van der Waals surface area (Å²) < 4.78 is 6.04. The van der Waals surface area contributed by atoms with Gasteiger partial charge in [-0.15, -0.1) is 0 Å². The van der Waals surface area contributed by atoms with Crippen molar-refractivity contribution < 1.29 is 9.76 Å². The van der Waals surface area contributed by atoms with Crippen molar-refractivity contribution in [3.8, 4) is 11.3 Å². The van der Waals surface area contributed by atoms with Gasteiger partial charge < -0.3 is 9.76 Å². The number of hydrogen-bond donors (Lipinski definition) is 1. The van der Waals surface area contributed by atoms with Gasteiger partial charge in [0.25, 0.3) is 0 Å². The fourth-order valence-electron chi connectivity index (χ4n) is 3.88. The third kappa shape index (κ3) is 3.88. The molecule has 3 aromatic carbocycles. The van der Waals surface area contributed by atoms with E-state index in [1.807, 2.05) is 44.3 Å². The molecule has 0 amide bonds. The molecule has 0 spiro atoms. The summed E-state index contributed by atoms with van der Waals surface area (Å²) in [5.41, 5.74) is 3.01. The summed E-state index contributed by atoms with van der Waals surface area (Å²) >= 11 is 0. The molecule has 5 rings (SSSR count). The van der Waals surface area contributed by atoms with Gasteiger partial charge in [-0.1, -0.05) is 60.7 Å². The lowest BCUT2D eigenvalue weighted by Crippen LogP contribution is -2.49. The zero-order chi connectivity index (χ0) is 23.2. The van der Waals surface area contributed by atoms with Gasteiger partial charge in [0.2, 0.25) is 0 Å². The number of nitrogens with zero attached hydrogens (tertiary/aromatic N) is 2. The Bertz CT molecular complexity index is 1490. The number of pyridine rings is 2. The van der Waals surface area contributed by atoms with Crippen molar-refractivity contribution in [2.45, 2.75) is 38.9 Å². The van der Waals surface area contributed by atoms with Gasteiger partial charge in [0.1, 0.15) is 0 Å². The molecular formula is C28H26BN2O2. The van der Waals surface area contributed by atoms with Crippen LogP contribution >= 0.6 is 0 Å². The summed E-state index contributed by atoms with van der Waals surface area (Å²) in [6, 6.07) is 24.7. The molecule has 0 fully saturated rings. The third-order valence-corrected chi connectivity index (χ3v) is 6.62. The molecule has 0 aliphatic heterocycles. The summed E-state index contributed by atoms with van der Waals surface area (Å²) in [4.78, 5) is 9.62. The van der Waals surface area contributed by atoms with E-state index in [1.165, 1.54) is 0 Å². The molecule has 33 heavy (non-hydrogen) atoms. The smallest absolute Gasteiger partial charge is 0.331 e. The Labute approximate surface area is 194 Å². The molecule has 0 bridgehead atoms. The standard InChI is InChI=1S/C28H26BN2O2/c1-27(2,32)28(3,4)33-29-23-15-14-22(20-9-5-6-10-21(20)23)24-16-13-19-12-11-18-8-7-17-30-25(18)26(19)31-24/h5-17,32H,1-4H3. The first kappa shape index (κ1) is 21.6. The van der Waals surface area contributed by atoms with Crippen molar-refractivity contribution >= 4 is 45.5 Å². The summed E-state index contributed by atoms with van der Waals surface area (Å²) in [5, 5.41) is 14.7. The van der Waals surface area contributed by atoms with Gasteiger partial charge >= 0.3 is 7.48 Å². The van der Waals surface area contributed by atoms with Crippen molar-refractivity contribution in [3.05, 3.63) is 79.0 Å². The van der Waals surface area contributed by atoms with Crippen molar-refractivity contribution in [2.24, 2.45) is 0 Å². The average molecular weight is 433 g/mol. The van der Waals surface area contributed by atoms with Crippen LogP contribution in [0.15, 0.2) is 79.0 Å². The normalized spacial score (nSPS) is 12.5. The van der Waals surface area contributed by atoms with Gasteiger partial charge in [0, 0.05) is 22.5 Å². The zero-order valence-electron chi connectivity index (χ0n) is 19.3. The average Bonchev–Trinajstić information content (AvgIpc) is 2.81. The first-order valence-corrected chi connectivity index (χ1v) is 11.1. The lowest BCUT2D eigenvalue weighted by atomic mass is 9.79. The van der Waals surface area contributed by atoms with Crippen LogP contribution in [0.3, 0.4) is 0 Å². The van der Waals surface area contributed by atoms with E-state index in [-0.39, 0.29) is 0 Å². The summed E-state index contributed by atoms with van der Waals surface area (Å²) in [6.45, 7) is 7.28. The second kappa shape index (κ2) is 7.94. The number of rotatable bonds is 5. The van der Waals surface area contributed by atoms with Crippen molar-refractivity contribution in [3.63, 3.8) is 0 Å². The fraction of sp³-hybridized carbons (Fsp3) is 0.214. The van der Waals surface area contributed by atoms with E-state index < -0.39 is 11.2 Å². The summed E-state index contributed by atoms with van der Waals surface area (Å²) in [5.74, 6) is 0. The van der Waals surface area contributed by atoms with Gasteiger partial charge in [0.15, 0.2) is 0 Å². The topological polar surface area (TPSA) is 55.2 Å². The Kier molecular flexibility index (Phi) is 5.19. The molecule has 0 saturated carbocycles. The van der Waals surface area contributed by atoms with Gasteiger partial charge in [0.05, 0.1) is 27.9 Å². The molecule has 2 aromatic heterocycles. The number of fused-ring (bicyclic) bond motifs is 4. The van der Waals surface area contributed by atoms with Crippen molar-refractivity contribution in [1.82, 2.24) is 9.97 Å². The van der Waals surface area contributed by atoms with Crippen molar-refractivity contribution in [1.29, 1.82) is 0 Å². The van der Waals surface area contributed by atoms with Gasteiger partial charge in [-0.2, -0.15) is 0 Å². The Morgan fingerprint density at radius 2 is 1.45 bits per heavy atom. The highest BCUT2D eigenvalue weighted by Crippen LogP contribution is 2.30. The predicted molar refractivity (Wildman–Crippen MR) is 137 cm³/mol. The van der Waals surface area contributed by atoms with Crippen molar-refractivity contribution in [2.75, 3.05) is 0 Å². The minimum atomic E-state index is -0.981. The highest BCUT2D eigenvalue weighted by molar-refractivity contribution is 6.51. The van der Waals surface area contributed by atoms with E-state index in [0.717, 1.165) is 49.3 Å². The van der Waals surface area contributed by atoms with Crippen LogP contribution in [0, 0.1) is 0 Å². The zero-order valence-corrected chi connectivity index (χ0v) is 19.3. The molecule has 4 nitrogen and oxygen atoms in total. The highest BCUT2D eigenvalue weighted by atomic mass is 16.5. The Balaban J connectivity index is 1.61. The highest BCUT2D eigenvalue weighted by Gasteiger charge is 2.35. The second-order valence-electron chi connectivity index (χ2n) is 9.46. The molecule has 2 heterocycles. The maximum atomic E-state index is 10.4. The van der Waals surface area contributed by atoms with Crippen LogP contribution in [0.2, 0.25) is 0 Å². The quantitative estimate of drug-likeness (QED) is 0.297. The second-order valence-corrected chi connectivity index (χ2v) is 9.46. The number of aromatic nitrogens is 2. The maximum Gasteiger partial charge on any atom is 0.331 e. The summed E-state index contributed by atoms with van der Waals surface area (Å²) in [6.07, 6.45) is 1.81. The van der Waals surface area contributed by atoms with E-state index >= 15 is 0 Å². The van der Waals surface area contributed by atoms with E-state index in [1.54, 1.807) is 21.3 Å². The molecule has 0 unspecified atom stereocenters. The van der Waals surface area contributed by atoms with E-state index in [0.29, 0.717) is 0 Å². The van der Waals surface area contributed by atoms with Gasteiger partial charge in [-0.25, -0.2) is 4.98 Å². The number of hydrogen-bond acceptors (Lipinski definition) is 4. The van der Waals surface area contributed by atoms with Crippen LogP contribution in [-0.2, 0) is 4.65 Å². The lowest BCUT2D eigenvalue weighted by Gasteiger charge is -2.37. The van der Waals surface area contributed by atoms with Gasteiger partial charge in [-0.05, 0) is 56.1 Å². The van der Waals surface area contributed by atoms with E-state index in [9.17, 15) is 5.11 Å². The Morgan fingerprint density at radius 1 is 0.758 bits per heavy atom.